The Morgan fingerprint density at radius 1 is 1.35 bits per heavy atom. The fourth-order valence-electron chi connectivity index (χ4n) is 2.54. The summed E-state index contributed by atoms with van der Waals surface area (Å²) in [4.78, 5) is 27.2. The summed E-state index contributed by atoms with van der Waals surface area (Å²) in [6, 6.07) is 0.201. The smallest absolute Gasteiger partial charge is 0.306 e. The number of carbonyl (C=O) groups is 2. The van der Waals surface area contributed by atoms with E-state index >= 15 is 0 Å². The van der Waals surface area contributed by atoms with Crippen molar-refractivity contribution < 1.29 is 19.4 Å². The first kappa shape index (κ1) is 17.1. The lowest BCUT2D eigenvalue weighted by molar-refractivity contribution is -0.144. The van der Waals surface area contributed by atoms with Crippen LogP contribution in [0, 0.1) is 0 Å². The molecule has 1 saturated heterocycles. The average molecular weight is 286 g/mol. The van der Waals surface area contributed by atoms with Gasteiger partial charge >= 0.3 is 5.97 Å². The second-order valence-corrected chi connectivity index (χ2v) is 5.58. The minimum absolute atomic E-state index is 0.0240. The molecular weight excluding hydrogens is 260 g/mol. The number of carbonyl (C=O) groups excluding carboxylic acids is 2. The predicted octanol–water partition coefficient (Wildman–Crippen LogP) is -0.104. The van der Waals surface area contributed by atoms with Crippen molar-refractivity contribution in [2.45, 2.75) is 38.3 Å². The fraction of sp³-hybridized carbons (Fsp3) is 0.857. The number of Topliss-reactive ketones (excluding diaryl/α,β-unsaturated/α-hetero) is 1. The number of likely N-dealkylation sites (tertiary alicyclic amines) is 1. The Kier molecular flexibility index (Phi) is 7.12. The second kappa shape index (κ2) is 8.34. The highest BCUT2D eigenvalue weighted by atomic mass is 16.5. The van der Waals surface area contributed by atoms with Crippen LogP contribution in [0.2, 0.25) is 0 Å². The van der Waals surface area contributed by atoms with Crippen molar-refractivity contribution >= 4 is 11.8 Å². The molecule has 0 aromatic rings. The Morgan fingerprint density at radius 3 is 2.65 bits per heavy atom. The van der Waals surface area contributed by atoms with Crippen molar-refractivity contribution in [1.29, 1.82) is 0 Å². The minimum atomic E-state index is -0.363. The summed E-state index contributed by atoms with van der Waals surface area (Å²) >= 11 is 0. The van der Waals surface area contributed by atoms with Crippen molar-refractivity contribution in [3.8, 4) is 0 Å². The molecule has 1 rings (SSSR count). The van der Waals surface area contributed by atoms with Crippen molar-refractivity contribution in [2.75, 3.05) is 40.3 Å². The van der Waals surface area contributed by atoms with Gasteiger partial charge in [-0.3, -0.25) is 14.5 Å². The van der Waals surface area contributed by atoms with E-state index in [1.54, 1.807) is 6.92 Å². The second-order valence-electron chi connectivity index (χ2n) is 5.58. The molecule has 0 bridgehead atoms. The highest BCUT2D eigenvalue weighted by Gasteiger charge is 2.32. The first-order chi connectivity index (χ1) is 9.42. The molecule has 0 aliphatic carbocycles. The van der Waals surface area contributed by atoms with Crippen LogP contribution in [-0.2, 0) is 14.3 Å². The van der Waals surface area contributed by atoms with Gasteiger partial charge in [-0.25, -0.2) is 0 Å². The lowest BCUT2D eigenvalue weighted by atomic mass is 10.1. The van der Waals surface area contributed by atoms with Gasteiger partial charge in [0.1, 0.15) is 5.78 Å². The summed E-state index contributed by atoms with van der Waals surface area (Å²) in [6.07, 6.45) is 0.683. The molecule has 0 radical (unpaired) electrons. The maximum absolute atomic E-state index is 11.9. The van der Waals surface area contributed by atoms with Crippen molar-refractivity contribution in [3.63, 3.8) is 0 Å². The Bertz CT molecular complexity index is 333. The van der Waals surface area contributed by atoms with Gasteiger partial charge in [-0.15, -0.1) is 0 Å². The van der Waals surface area contributed by atoms with E-state index in [0.717, 1.165) is 6.54 Å². The fourth-order valence-corrected chi connectivity index (χ4v) is 2.54. The SMILES string of the molecule is CCOC(=O)CCC(=O)CN1CC(O)CC1CN(C)C. The highest BCUT2D eigenvalue weighted by molar-refractivity contribution is 5.84. The molecule has 1 N–H and O–H groups in total. The van der Waals surface area contributed by atoms with Gasteiger partial charge in [0.2, 0.25) is 0 Å². The Balaban J connectivity index is 2.37. The van der Waals surface area contributed by atoms with Gasteiger partial charge in [0, 0.05) is 25.6 Å². The predicted molar refractivity (Wildman–Crippen MR) is 75.4 cm³/mol. The lowest BCUT2D eigenvalue weighted by Crippen LogP contribution is -2.40. The van der Waals surface area contributed by atoms with Gasteiger partial charge in [0.25, 0.3) is 0 Å². The number of esters is 1. The van der Waals surface area contributed by atoms with E-state index in [-0.39, 0.29) is 36.7 Å². The van der Waals surface area contributed by atoms with Gasteiger partial charge < -0.3 is 14.7 Å². The quantitative estimate of drug-likeness (QED) is 0.628. The van der Waals surface area contributed by atoms with Crippen LogP contribution in [0.1, 0.15) is 26.2 Å². The van der Waals surface area contributed by atoms with Crippen LogP contribution in [0.25, 0.3) is 0 Å². The molecule has 0 aromatic heterocycles. The zero-order chi connectivity index (χ0) is 15.1. The summed E-state index contributed by atoms with van der Waals surface area (Å²) in [7, 11) is 3.96. The van der Waals surface area contributed by atoms with Crippen LogP contribution in [-0.4, -0.2) is 79.1 Å². The summed E-state index contributed by atoms with van der Waals surface area (Å²) in [5.41, 5.74) is 0. The largest absolute Gasteiger partial charge is 0.466 e. The third-order valence-electron chi connectivity index (χ3n) is 3.37. The van der Waals surface area contributed by atoms with E-state index in [2.05, 4.69) is 4.90 Å². The van der Waals surface area contributed by atoms with Crippen LogP contribution in [0.3, 0.4) is 0 Å². The van der Waals surface area contributed by atoms with Gasteiger partial charge in [-0.1, -0.05) is 0 Å². The molecule has 2 unspecified atom stereocenters. The zero-order valence-electron chi connectivity index (χ0n) is 12.7. The normalized spacial score (nSPS) is 23.2. The molecule has 6 nitrogen and oxygen atoms in total. The zero-order valence-corrected chi connectivity index (χ0v) is 12.7. The number of rotatable bonds is 8. The number of nitrogens with zero attached hydrogens (tertiary/aromatic N) is 2. The van der Waals surface area contributed by atoms with Crippen LogP contribution in [0.15, 0.2) is 0 Å². The molecule has 0 aromatic carbocycles. The Labute approximate surface area is 120 Å². The molecule has 0 saturated carbocycles. The van der Waals surface area contributed by atoms with E-state index in [1.165, 1.54) is 0 Å². The van der Waals surface area contributed by atoms with E-state index in [4.69, 9.17) is 4.74 Å². The molecule has 1 aliphatic heterocycles. The number of ketones is 1. The van der Waals surface area contributed by atoms with Crippen molar-refractivity contribution in [1.82, 2.24) is 9.80 Å². The average Bonchev–Trinajstić information content (AvgIpc) is 2.66. The van der Waals surface area contributed by atoms with Crippen LogP contribution < -0.4 is 0 Å². The molecule has 0 spiro atoms. The van der Waals surface area contributed by atoms with Crippen molar-refractivity contribution in [2.24, 2.45) is 0 Å². The molecular formula is C14H26N2O4. The number of ether oxygens (including phenoxy) is 1. The Morgan fingerprint density at radius 2 is 2.05 bits per heavy atom. The summed E-state index contributed by atoms with van der Waals surface area (Å²) < 4.78 is 4.80. The molecule has 116 valence electrons. The Hall–Kier alpha value is -0.980. The van der Waals surface area contributed by atoms with Gasteiger partial charge in [-0.05, 0) is 27.4 Å². The molecule has 2 atom stereocenters. The van der Waals surface area contributed by atoms with Crippen LogP contribution >= 0.6 is 0 Å². The maximum atomic E-state index is 11.9. The molecule has 1 aliphatic rings. The lowest BCUT2D eigenvalue weighted by Gasteiger charge is -2.25. The van der Waals surface area contributed by atoms with Crippen LogP contribution in [0.5, 0.6) is 0 Å². The molecule has 1 heterocycles. The maximum Gasteiger partial charge on any atom is 0.306 e. The molecule has 6 heteroatoms. The number of aliphatic hydroxyl groups excluding tert-OH is 1. The molecule has 0 amide bonds. The van der Waals surface area contributed by atoms with Crippen LogP contribution in [0.4, 0.5) is 0 Å². The number of β-amino-alcohol motifs (C(OH)–C–C–N with tert-alkyl or cyclic N) is 1. The monoisotopic (exact) mass is 286 g/mol. The number of aliphatic hydroxyl groups is 1. The number of likely N-dealkylation sites (N-methyl/N-ethyl adjacent to an activating group) is 1. The van der Waals surface area contributed by atoms with Gasteiger partial charge in [0.05, 0.1) is 25.7 Å². The van der Waals surface area contributed by atoms with E-state index in [9.17, 15) is 14.7 Å². The molecule has 20 heavy (non-hydrogen) atoms. The van der Waals surface area contributed by atoms with Gasteiger partial charge in [-0.2, -0.15) is 0 Å². The number of hydrogen-bond donors (Lipinski definition) is 1. The highest BCUT2D eigenvalue weighted by Crippen LogP contribution is 2.18. The summed E-state index contributed by atoms with van der Waals surface area (Å²) in [6.45, 7) is 3.74. The molecule has 1 fully saturated rings. The third kappa shape index (κ3) is 5.98. The summed E-state index contributed by atoms with van der Waals surface area (Å²) in [5.74, 6) is -0.303. The number of hydrogen-bond acceptors (Lipinski definition) is 6. The van der Waals surface area contributed by atoms with E-state index in [1.807, 2.05) is 19.0 Å². The standard InChI is InChI=1S/C14H26N2O4/c1-4-20-14(19)6-5-12(17)9-16-10-13(18)7-11(16)8-15(2)3/h11,13,18H,4-10H2,1-3H3. The van der Waals surface area contributed by atoms with E-state index in [0.29, 0.717) is 26.1 Å². The summed E-state index contributed by atoms with van der Waals surface area (Å²) in [5, 5.41) is 9.74. The van der Waals surface area contributed by atoms with E-state index < -0.39 is 0 Å². The van der Waals surface area contributed by atoms with Crippen molar-refractivity contribution in [3.05, 3.63) is 0 Å². The third-order valence-corrected chi connectivity index (χ3v) is 3.37. The topological polar surface area (TPSA) is 70.1 Å². The first-order valence-electron chi connectivity index (χ1n) is 7.16. The first-order valence-corrected chi connectivity index (χ1v) is 7.16. The van der Waals surface area contributed by atoms with Gasteiger partial charge in [0.15, 0.2) is 0 Å². The minimum Gasteiger partial charge on any atom is -0.466 e.